The third-order valence-corrected chi connectivity index (χ3v) is 3.40. The van der Waals surface area contributed by atoms with Gasteiger partial charge in [-0.05, 0) is 32.0 Å². The molecular weight excluding hydrogens is 256 g/mol. The van der Waals surface area contributed by atoms with Crippen molar-refractivity contribution in [2.75, 3.05) is 29.9 Å². The molecule has 1 saturated heterocycles. The Labute approximate surface area is 118 Å². The number of benzene rings is 1. The van der Waals surface area contributed by atoms with Gasteiger partial charge in [0.15, 0.2) is 0 Å². The Morgan fingerprint density at radius 3 is 2.85 bits per heavy atom. The number of nitrogens with zero attached hydrogens (tertiary/aromatic N) is 1. The van der Waals surface area contributed by atoms with Gasteiger partial charge in [-0.2, -0.15) is 0 Å². The minimum atomic E-state index is -0.624. The van der Waals surface area contributed by atoms with Gasteiger partial charge in [0.05, 0.1) is 5.41 Å². The van der Waals surface area contributed by atoms with Crippen LogP contribution in [-0.4, -0.2) is 31.6 Å². The lowest BCUT2D eigenvalue weighted by Crippen LogP contribution is -2.37. The fourth-order valence-corrected chi connectivity index (χ4v) is 1.86. The summed E-state index contributed by atoms with van der Waals surface area (Å²) in [6, 6.07) is 7.12. The van der Waals surface area contributed by atoms with Crippen molar-refractivity contribution in [1.29, 1.82) is 0 Å². The second kappa shape index (κ2) is 5.50. The SMILES string of the molecule is CC(C)(CN)C(=O)Nc1cccc(N2CCNC2=O)c1. The van der Waals surface area contributed by atoms with Gasteiger partial charge in [0.2, 0.25) is 5.91 Å². The van der Waals surface area contributed by atoms with Gasteiger partial charge in [0, 0.05) is 31.0 Å². The lowest BCUT2D eigenvalue weighted by Gasteiger charge is -2.22. The molecule has 1 heterocycles. The summed E-state index contributed by atoms with van der Waals surface area (Å²) in [6.07, 6.45) is 0. The maximum Gasteiger partial charge on any atom is 0.321 e. The molecule has 0 aliphatic carbocycles. The third kappa shape index (κ3) is 2.91. The van der Waals surface area contributed by atoms with Crippen molar-refractivity contribution < 1.29 is 9.59 Å². The lowest BCUT2D eigenvalue weighted by molar-refractivity contribution is -0.123. The Hall–Kier alpha value is -2.08. The summed E-state index contributed by atoms with van der Waals surface area (Å²) < 4.78 is 0. The van der Waals surface area contributed by atoms with E-state index in [4.69, 9.17) is 5.73 Å². The Morgan fingerprint density at radius 2 is 2.25 bits per heavy atom. The molecule has 4 N–H and O–H groups in total. The van der Waals surface area contributed by atoms with Gasteiger partial charge in [0.25, 0.3) is 0 Å². The standard InChI is InChI=1S/C14H20N4O2/c1-14(2,9-15)12(19)17-10-4-3-5-11(8-10)18-7-6-16-13(18)20/h3-5,8H,6-7,9,15H2,1-2H3,(H,16,20)(H,17,19). The van der Waals surface area contributed by atoms with Crippen LogP contribution in [0.1, 0.15) is 13.8 Å². The number of rotatable bonds is 4. The molecule has 6 nitrogen and oxygen atoms in total. The topological polar surface area (TPSA) is 87.5 Å². The van der Waals surface area contributed by atoms with E-state index in [9.17, 15) is 9.59 Å². The van der Waals surface area contributed by atoms with Crippen LogP contribution in [0, 0.1) is 5.41 Å². The number of hydrogen-bond acceptors (Lipinski definition) is 3. The Morgan fingerprint density at radius 1 is 1.50 bits per heavy atom. The molecule has 20 heavy (non-hydrogen) atoms. The summed E-state index contributed by atoms with van der Waals surface area (Å²) in [5, 5.41) is 5.58. The zero-order chi connectivity index (χ0) is 14.8. The van der Waals surface area contributed by atoms with Crippen LogP contribution in [0.25, 0.3) is 0 Å². The summed E-state index contributed by atoms with van der Waals surface area (Å²) in [4.78, 5) is 25.3. The first-order valence-corrected chi connectivity index (χ1v) is 6.61. The summed E-state index contributed by atoms with van der Waals surface area (Å²) >= 11 is 0. The number of hydrogen-bond donors (Lipinski definition) is 3. The van der Waals surface area contributed by atoms with Crippen molar-refractivity contribution >= 4 is 23.3 Å². The first kappa shape index (κ1) is 14.3. The molecule has 2 rings (SSSR count). The van der Waals surface area contributed by atoms with E-state index >= 15 is 0 Å². The Bertz CT molecular complexity index is 528. The van der Waals surface area contributed by atoms with E-state index in [0.29, 0.717) is 18.8 Å². The molecule has 0 saturated carbocycles. The molecule has 108 valence electrons. The monoisotopic (exact) mass is 276 g/mol. The van der Waals surface area contributed by atoms with Gasteiger partial charge in [-0.3, -0.25) is 9.69 Å². The molecule has 1 aliphatic rings. The first-order chi connectivity index (χ1) is 9.44. The molecule has 0 spiro atoms. The highest BCUT2D eigenvalue weighted by molar-refractivity contribution is 5.97. The van der Waals surface area contributed by atoms with E-state index in [0.717, 1.165) is 5.69 Å². The quantitative estimate of drug-likeness (QED) is 0.770. The van der Waals surface area contributed by atoms with E-state index in [1.54, 1.807) is 30.9 Å². The molecular formula is C14H20N4O2. The molecule has 1 fully saturated rings. The highest BCUT2D eigenvalue weighted by Crippen LogP contribution is 2.23. The molecule has 0 aromatic heterocycles. The molecule has 0 bridgehead atoms. The number of amides is 3. The Kier molecular flexibility index (Phi) is 3.94. The van der Waals surface area contributed by atoms with Gasteiger partial charge in [-0.15, -0.1) is 0 Å². The van der Waals surface area contributed by atoms with Gasteiger partial charge in [-0.25, -0.2) is 4.79 Å². The van der Waals surface area contributed by atoms with Gasteiger partial charge < -0.3 is 16.4 Å². The molecule has 6 heteroatoms. The number of urea groups is 1. The minimum absolute atomic E-state index is 0.115. The van der Waals surface area contributed by atoms with E-state index < -0.39 is 5.41 Å². The number of nitrogens with two attached hydrogens (primary N) is 1. The van der Waals surface area contributed by atoms with Crippen molar-refractivity contribution in [1.82, 2.24) is 5.32 Å². The minimum Gasteiger partial charge on any atom is -0.336 e. The number of carbonyl (C=O) groups excluding carboxylic acids is 2. The molecule has 0 radical (unpaired) electrons. The second-order valence-corrected chi connectivity index (χ2v) is 5.48. The average Bonchev–Trinajstić information content (AvgIpc) is 2.85. The molecule has 1 aromatic rings. The van der Waals surface area contributed by atoms with Gasteiger partial charge in [-0.1, -0.05) is 6.07 Å². The van der Waals surface area contributed by atoms with Crippen molar-refractivity contribution in [2.24, 2.45) is 11.1 Å². The van der Waals surface area contributed by atoms with Crippen LogP contribution < -0.4 is 21.3 Å². The second-order valence-electron chi connectivity index (χ2n) is 5.48. The normalized spacial score (nSPS) is 15.2. The summed E-state index contributed by atoms with van der Waals surface area (Å²) in [5.74, 6) is -0.136. The first-order valence-electron chi connectivity index (χ1n) is 6.61. The van der Waals surface area contributed by atoms with Crippen molar-refractivity contribution in [3.8, 4) is 0 Å². The van der Waals surface area contributed by atoms with Crippen LogP contribution in [0.2, 0.25) is 0 Å². The van der Waals surface area contributed by atoms with Crippen molar-refractivity contribution in [3.63, 3.8) is 0 Å². The predicted molar refractivity (Wildman–Crippen MR) is 78.7 cm³/mol. The highest BCUT2D eigenvalue weighted by Gasteiger charge is 2.26. The van der Waals surface area contributed by atoms with Crippen LogP contribution in [0.4, 0.5) is 16.2 Å². The maximum atomic E-state index is 12.1. The molecule has 0 atom stereocenters. The van der Waals surface area contributed by atoms with E-state index in [2.05, 4.69) is 10.6 Å². The number of carbonyl (C=O) groups is 2. The summed E-state index contributed by atoms with van der Waals surface area (Å²) in [5.41, 5.74) is 6.39. The van der Waals surface area contributed by atoms with Crippen LogP contribution in [0.5, 0.6) is 0 Å². The smallest absolute Gasteiger partial charge is 0.321 e. The van der Waals surface area contributed by atoms with Crippen LogP contribution in [0.3, 0.4) is 0 Å². The fraction of sp³-hybridized carbons (Fsp3) is 0.429. The molecule has 0 unspecified atom stereocenters. The molecule has 1 aliphatic heterocycles. The third-order valence-electron chi connectivity index (χ3n) is 3.40. The van der Waals surface area contributed by atoms with E-state index in [1.165, 1.54) is 0 Å². The zero-order valence-corrected chi connectivity index (χ0v) is 11.8. The largest absolute Gasteiger partial charge is 0.336 e. The summed E-state index contributed by atoms with van der Waals surface area (Å²) in [7, 11) is 0. The maximum absolute atomic E-state index is 12.1. The zero-order valence-electron chi connectivity index (χ0n) is 11.8. The molecule has 1 aromatic carbocycles. The molecule has 3 amide bonds. The van der Waals surface area contributed by atoms with Crippen molar-refractivity contribution in [3.05, 3.63) is 24.3 Å². The highest BCUT2D eigenvalue weighted by atomic mass is 16.2. The Balaban J connectivity index is 2.14. The van der Waals surface area contributed by atoms with Crippen LogP contribution in [0.15, 0.2) is 24.3 Å². The van der Waals surface area contributed by atoms with E-state index in [1.807, 2.05) is 12.1 Å². The predicted octanol–water partition coefficient (Wildman–Crippen LogP) is 1.14. The van der Waals surface area contributed by atoms with Crippen molar-refractivity contribution in [2.45, 2.75) is 13.8 Å². The fourth-order valence-electron chi connectivity index (χ4n) is 1.86. The average molecular weight is 276 g/mol. The van der Waals surface area contributed by atoms with Crippen LogP contribution >= 0.6 is 0 Å². The van der Waals surface area contributed by atoms with Gasteiger partial charge in [0.1, 0.15) is 0 Å². The van der Waals surface area contributed by atoms with Gasteiger partial charge >= 0.3 is 6.03 Å². The number of anilines is 2. The van der Waals surface area contributed by atoms with E-state index in [-0.39, 0.29) is 18.5 Å². The summed E-state index contributed by atoms with van der Waals surface area (Å²) in [6.45, 7) is 5.12. The lowest BCUT2D eigenvalue weighted by atomic mass is 9.92. The number of nitrogens with one attached hydrogen (secondary N) is 2. The van der Waals surface area contributed by atoms with Crippen LogP contribution in [-0.2, 0) is 4.79 Å².